The molecule has 7 rings (SSSR count). The van der Waals surface area contributed by atoms with Gasteiger partial charge in [0.25, 0.3) is 17.7 Å². The van der Waals surface area contributed by atoms with Crippen molar-refractivity contribution in [3.8, 4) is 11.3 Å². The van der Waals surface area contributed by atoms with Crippen LogP contribution in [0.5, 0.6) is 0 Å². The van der Waals surface area contributed by atoms with E-state index < -0.39 is 5.97 Å². The minimum Gasteiger partial charge on any atom is -0.481 e. The van der Waals surface area contributed by atoms with Crippen LogP contribution in [0.2, 0.25) is 0 Å². The van der Waals surface area contributed by atoms with E-state index in [1.54, 1.807) is 54.5 Å². The largest absolute Gasteiger partial charge is 0.481 e. The lowest BCUT2D eigenvalue weighted by Crippen LogP contribution is -2.41. The molecule has 2 saturated heterocycles. The number of carboxylic acid groups (broad SMARTS) is 1. The number of aryl methyl sites for hydroxylation is 1. The maximum Gasteiger partial charge on any atom is 0.306 e. The summed E-state index contributed by atoms with van der Waals surface area (Å²) < 4.78 is 0. The fourth-order valence-electron chi connectivity index (χ4n) is 8.07. The highest BCUT2D eigenvalue weighted by atomic mass is 16.4. The first-order valence-electron chi connectivity index (χ1n) is 19.6. The molecule has 1 aliphatic carbocycles. The van der Waals surface area contributed by atoms with Crippen molar-refractivity contribution in [2.75, 3.05) is 56.5 Å². The van der Waals surface area contributed by atoms with E-state index in [0.717, 1.165) is 50.9 Å². The van der Waals surface area contributed by atoms with Crippen LogP contribution in [0, 0.1) is 5.92 Å². The summed E-state index contributed by atoms with van der Waals surface area (Å²) in [6.45, 7) is 4.41. The summed E-state index contributed by atoms with van der Waals surface area (Å²) in [6, 6.07) is 24.4. The number of nitrogens with zero attached hydrogens (tertiary/aromatic N) is 4. The van der Waals surface area contributed by atoms with Crippen molar-refractivity contribution in [1.29, 1.82) is 0 Å². The molecule has 55 heavy (non-hydrogen) atoms. The van der Waals surface area contributed by atoms with Gasteiger partial charge < -0.3 is 30.4 Å². The predicted molar refractivity (Wildman–Crippen MR) is 213 cm³/mol. The van der Waals surface area contributed by atoms with E-state index in [-0.39, 0.29) is 29.7 Å². The number of carbonyl (C=O) groups is 4. The third kappa shape index (κ3) is 9.05. The van der Waals surface area contributed by atoms with E-state index in [1.165, 1.54) is 17.5 Å². The number of anilines is 2. The summed E-state index contributed by atoms with van der Waals surface area (Å²) in [6.07, 6.45) is 9.20. The zero-order chi connectivity index (χ0) is 38.3. The van der Waals surface area contributed by atoms with Crippen LogP contribution >= 0.6 is 0 Å². The number of pyridine rings is 1. The minimum absolute atomic E-state index is 0.0583. The highest BCUT2D eigenvalue weighted by molar-refractivity contribution is 6.08. The number of piperidine rings is 2. The summed E-state index contributed by atoms with van der Waals surface area (Å²) in [5.41, 5.74) is 6.55. The number of aromatic nitrogens is 1. The van der Waals surface area contributed by atoms with Gasteiger partial charge >= 0.3 is 5.97 Å². The lowest BCUT2D eigenvalue weighted by molar-refractivity contribution is -0.143. The fourth-order valence-corrected chi connectivity index (χ4v) is 8.07. The van der Waals surface area contributed by atoms with Gasteiger partial charge in [0.2, 0.25) is 0 Å². The molecule has 2 fully saturated rings. The van der Waals surface area contributed by atoms with E-state index in [4.69, 9.17) is 4.98 Å². The molecule has 11 heteroatoms. The van der Waals surface area contributed by atoms with Gasteiger partial charge in [-0.2, -0.15) is 0 Å². The molecular formula is C44H50N6O5. The van der Waals surface area contributed by atoms with E-state index in [9.17, 15) is 24.3 Å². The number of aliphatic carboxylic acids is 1. The van der Waals surface area contributed by atoms with Crippen molar-refractivity contribution in [2.45, 2.75) is 57.4 Å². The van der Waals surface area contributed by atoms with Crippen LogP contribution in [0.15, 0.2) is 85.1 Å². The molecule has 4 aromatic rings. The van der Waals surface area contributed by atoms with E-state index in [2.05, 4.69) is 32.6 Å². The molecule has 3 amide bonds. The average Bonchev–Trinajstić information content (AvgIpc) is 3.23. The molecule has 3 N–H and O–H groups in total. The van der Waals surface area contributed by atoms with Crippen molar-refractivity contribution in [3.63, 3.8) is 0 Å². The molecular weight excluding hydrogens is 693 g/mol. The predicted octanol–water partition coefficient (Wildman–Crippen LogP) is 6.67. The molecule has 1 unspecified atom stereocenters. The number of benzene rings is 3. The van der Waals surface area contributed by atoms with Crippen molar-refractivity contribution in [3.05, 3.63) is 113 Å². The van der Waals surface area contributed by atoms with Crippen LogP contribution in [0.4, 0.5) is 11.4 Å². The molecule has 1 atom stereocenters. The summed E-state index contributed by atoms with van der Waals surface area (Å²) in [4.78, 5) is 63.2. The number of amides is 3. The number of likely N-dealkylation sites (N-methyl/N-ethyl adjacent to an activating group) is 1. The van der Waals surface area contributed by atoms with Crippen LogP contribution in [0.1, 0.15) is 93.2 Å². The Morgan fingerprint density at radius 1 is 0.800 bits per heavy atom. The average molecular weight is 743 g/mol. The van der Waals surface area contributed by atoms with Gasteiger partial charge in [0, 0.05) is 67.4 Å². The molecule has 0 bridgehead atoms. The van der Waals surface area contributed by atoms with Gasteiger partial charge in [0.05, 0.1) is 23.3 Å². The van der Waals surface area contributed by atoms with Crippen LogP contribution < -0.4 is 15.5 Å². The number of nitrogens with one attached hydrogen (secondary N) is 2. The first kappa shape index (κ1) is 37.8. The van der Waals surface area contributed by atoms with Crippen molar-refractivity contribution >= 4 is 35.1 Å². The van der Waals surface area contributed by atoms with Gasteiger partial charge in [-0.05, 0) is 124 Å². The lowest BCUT2D eigenvalue weighted by Gasteiger charge is -2.31. The number of carboxylic acids is 1. The topological polar surface area (TPSA) is 135 Å². The van der Waals surface area contributed by atoms with Crippen molar-refractivity contribution in [2.24, 2.45) is 5.92 Å². The number of likely N-dealkylation sites (tertiary alicyclic amines) is 1. The van der Waals surface area contributed by atoms with Crippen LogP contribution in [0.3, 0.4) is 0 Å². The van der Waals surface area contributed by atoms with Gasteiger partial charge in [0.1, 0.15) is 0 Å². The third-order valence-electron chi connectivity index (χ3n) is 11.4. The van der Waals surface area contributed by atoms with Gasteiger partial charge in [-0.1, -0.05) is 30.3 Å². The molecule has 3 aliphatic rings. The summed E-state index contributed by atoms with van der Waals surface area (Å²) in [5.74, 6) is -1.77. The molecule has 11 nitrogen and oxygen atoms in total. The van der Waals surface area contributed by atoms with Gasteiger partial charge in [-0.3, -0.25) is 24.2 Å². The zero-order valence-corrected chi connectivity index (χ0v) is 31.5. The lowest BCUT2D eigenvalue weighted by atomic mass is 9.87. The second kappa shape index (κ2) is 17.3. The summed E-state index contributed by atoms with van der Waals surface area (Å²) >= 11 is 0. The Morgan fingerprint density at radius 2 is 1.56 bits per heavy atom. The Morgan fingerprint density at radius 3 is 2.36 bits per heavy atom. The second-order valence-corrected chi connectivity index (χ2v) is 15.0. The first-order valence-corrected chi connectivity index (χ1v) is 19.6. The van der Waals surface area contributed by atoms with E-state index >= 15 is 0 Å². The van der Waals surface area contributed by atoms with Crippen molar-refractivity contribution < 1.29 is 24.3 Å². The number of carbonyl (C=O) groups excluding carboxylic acids is 3. The Balaban J connectivity index is 1.08. The summed E-state index contributed by atoms with van der Waals surface area (Å²) in [7, 11) is 1.74. The highest BCUT2D eigenvalue weighted by Gasteiger charge is 2.26. The highest BCUT2D eigenvalue weighted by Crippen LogP contribution is 2.34. The number of hydrogen-bond donors (Lipinski definition) is 3. The van der Waals surface area contributed by atoms with Crippen molar-refractivity contribution in [1.82, 2.24) is 20.1 Å². The van der Waals surface area contributed by atoms with Crippen LogP contribution in [-0.4, -0.2) is 89.9 Å². The monoisotopic (exact) mass is 742 g/mol. The van der Waals surface area contributed by atoms with Gasteiger partial charge in [-0.15, -0.1) is 0 Å². The molecule has 0 radical (unpaired) electrons. The van der Waals surface area contributed by atoms with E-state index in [1.807, 2.05) is 30.3 Å². The quantitative estimate of drug-likeness (QED) is 0.155. The Labute approximate surface area is 322 Å². The minimum atomic E-state index is -0.742. The second-order valence-electron chi connectivity index (χ2n) is 15.0. The standard InChI is InChI=1S/C44H50N6O5/c1-48(25-26-49-23-18-31(19-24-49)44(54)55)43(53)34-12-7-11-32(27-34)41(51)47-39-16-15-35(50-21-5-2-6-22-50)29-37(39)40-28-33(17-20-45-40)42(52)46-38-14-8-10-30-9-3-4-13-36(30)38/h3-4,7,9,11-13,15-17,20,27-29,31,38H,2,5-6,8,10,14,18-19,21-26H2,1H3,(H,46,52)(H,47,51)(H,54,55). The van der Waals surface area contributed by atoms with Crippen LogP contribution in [0.25, 0.3) is 11.3 Å². The number of rotatable bonds is 11. The third-order valence-corrected chi connectivity index (χ3v) is 11.4. The Kier molecular flexibility index (Phi) is 11.9. The van der Waals surface area contributed by atoms with Crippen LogP contribution in [-0.2, 0) is 11.2 Å². The maximum absolute atomic E-state index is 13.9. The van der Waals surface area contributed by atoms with E-state index in [0.29, 0.717) is 72.7 Å². The molecule has 286 valence electrons. The first-order chi connectivity index (χ1) is 26.7. The molecule has 2 aliphatic heterocycles. The molecule has 0 spiro atoms. The van der Waals surface area contributed by atoms with Gasteiger partial charge in [0.15, 0.2) is 0 Å². The fraction of sp³-hybridized carbons (Fsp3) is 0.386. The molecule has 3 heterocycles. The number of fused-ring (bicyclic) bond motifs is 1. The molecule has 0 saturated carbocycles. The molecule has 1 aromatic heterocycles. The number of hydrogen-bond acceptors (Lipinski definition) is 7. The Bertz CT molecular complexity index is 2040. The summed E-state index contributed by atoms with van der Waals surface area (Å²) in [5, 5.41) is 15.6. The zero-order valence-electron chi connectivity index (χ0n) is 31.5. The SMILES string of the molecule is CN(CCN1CCC(C(=O)O)CC1)C(=O)c1cccc(C(=O)Nc2ccc(N3CCCCC3)cc2-c2cc(C(=O)NC3CCCc4ccccc43)ccn2)c1. The maximum atomic E-state index is 13.9. The Hall–Kier alpha value is -5.55. The smallest absolute Gasteiger partial charge is 0.306 e. The normalized spacial score (nSPS) is 17.5. The van der Waals surface area contributed by atoms with Gasteiger partial charge in [-0.25, -0.2) is 0 Å². The molecule has 3 aromatic carbocycles.